The van der Waals surface area contributed by atoms with E-state index in [2.05, 4.69) is 127 Å². The number of benzene rings is 4. The summed E-state index contributed by atoms with van der Waals surface area (Å²) in [6.45, 7) is 0. The molecule has 1 aliphatic carbocycles. The largest absolute Gasteiger partial charge is 0.126 e. The molecule has 0 heterocycles. The fourth-order valence-corrected chi connectivity index (χ4v) is 4.82. The molecule has 6 rings (SSSR count). The minimum atomic E-state index is 1.01. The number of rotatable bonds is 2. The average molecular weight is 575 g/mol. The fourth-order valence-electron chi connectivity index (χ4n) is 3.62. The predicted octanol–water partition coefficient (Wildman–Crippen LogP) is 7.82. The van der Waals surface area contributed by atoms with Crippen LogP contribution in [0.15, 0.2) is 133 Å². The molecule has 0 saturated heterocycles. The van der Waals surface area contributed by atoms with Crippen LogP contribution in [0, 0.1) is 6.08 Å². The molecule has 32 heavy (non-hydrogen) atoms. The van der Waals surface area contributed by atoms with E-state index >= 15 is 0 Å². The van der Waals surface area contributed by atoms with E-state index in [1.165, 1.54) is 35.9 Å². The van der Waals surface area contributed by atoms with Gasteiger partial charge in [-0.05, 0) is 0 Å². The molecule has 0 N–H and O–H groups in total. The summed E-state index contributed by atoms with van der Waals surface area (Å²) in [7, 11) is 0. The normalized spacial score (nSPS) is 11.6. The van der Waals surface area contributed by atoms with Gasteiger partial charge in [0, 0.05) is 0 Å². The monoisotopic (exact) mass is 576 g/mol. The van der Waals surface area contributed by atoms with Crippen molar-refractivity contribution in [2.24, 2.45) is 0 Å². The van der Waals surface area contributed by atoms with Crippen molar-refractivity contribution in [3.05, 3.63) is 151 Å². The van der Waals surface area contributed by atoms with Gasteiger partial charge in [0.1, 0.15) is 0 Å². The van der Waals surface area contributed by atoms with Crippen molar-refractivity contribution in [3.63, 3.8) is 0 Å². The Kier molecular flexibility index (Phi) is 8.00. The van der Waals surface area contributed by atoms with Crippen LogP contribution in [0.1, 0.15) is 17.5 Å². The molecule has 0 saturated carbocycles. The maximum Gasteiger partial charge on any atom is -0.0771 e. The van der Waals surface area contributed by atoms with Gasteiger partial charge in [-0.3, -0.25) is 6.08 Å². The van der Waals surface area contributed by atoms with Crippen molar-refractivity contribution < 1.29 is 23.9 Å². The Morgan fingerprint density at radius 1 is 0.625 bits per heavy atom. The molecule has 0 aromatic heterocycles. The second-order valence-corrected chi connectivity index (χ2v) is 9.23. The zero-order chi connectivity index (χ0) is 22.0. The summed E-state index contributed by atoms with van der Waals surface area (Å²) in [5.41, 5.74) is 2.70. The molecule has 152 valence electrons. The zero-order valence-electron chi connectivity index (χ0n) is 17.9. The molecular weight excluding hydrogens is 551 g/mol. The van der Waals surface area contributed by atoms with Gasteiger partial charge in [0.05, 0.1) is 0 Å². The molecule has 0 nitrogen and oxygen atoms in total. The number of fused-ring (bicyclic) bond motifs is 3. The SMILES string of the molecule is [C-]1=CC=CC1.[Hf+2]=[C](c1ccccc1)c1ccccc1.c1ccc2c(c1)[cH-]c1ccccc12. The molecule has 0 atom stereocenters. The number of hydrogen-bond donors (Lipinski definition) is 0. The van der Waals surface area contributed by atoms with Gasteiger partial charge in [-0.25, -0.2) is 12.2 Å². The first-order valence-corrected chi connectivity index (χ1v) is 12.6. The molecule has 0 bridgehead atoms. The van der Waals surface area contributed by atoms with E-state index in [1.54, 1.807) is 0 Å². The Balaban J connectivity index is 0.000000127. The van der Waals surface area contributed by atoms with Crippen molar-refractivity contribution in [1.29, 1.82) is 0 Å². The zero-order valence-corrected chi connectivity index (χ0v) is 21.5. The Hall–Kier alpha value is -3.03. The van der Waals surface area contributed by atoms with Crippen LogP contribution in [0.25, 0.3) is 21.5 Å². The third kappa shape index (κ3) is 5.81. The van der Waals surface area contributed by atoms with E-state index in [4.69, 9.17) is 0 Å². The van der Waals surface area contributed by atoms with Crippen LogP contribution in [0.2, 0.25) is 0 Å². The summed E-state index contributed by atoms with van der Waals surface area (Å²) in [5, 5.41) is 5.39. The molecule has 0 fully saturated rings. The van der Waals surface area contributed by atoms with E-state index in [1.807, 2.05) is 12.2 Å². The second-order valence-electron chi connectivity index (χ2n) is 7.43. The number of hydrogen-bond acceptors (Lipinski definition) is 0. The Bertz CT molecular complexity index is 1240. The van der Waals surface area contributed by atoms with Gasteiger partial charge in [0.25, 0.3) is 0 Å². The van der Waals surface area contributed by atoms with Crippen molar-refractivity contribution >= 4 is 24.8 Å². The van der Waals surface area contributed by atoms with Gasteiger partial charge in [0.15, 0.2) is 0 Å². The van der Waals surface area contributed by atoms with Gasteiger partial charge >= 0.3 is 98.9 Å². The fraction of sp³-hybridized carbons (Fsp3) is 0.0323. The van der Waals surface area contributed by atoms with Crippen molar-refractivity contribution in [3.8, 4) is 0 Å². The van der Waals surface area contributed by atoms with Crippen LogP contribution in [0.3, 0.4) is 0 Å². The summed E-state index contributed by atoms with van der Waals surface area (Å²) in [6.07, 6.45) is 10.0. The van der Waals surface area contributed by atoms with E-state index in [9.17, 15) is 0 Å². The molecule has 5 aromatic carbocycles. The van der Waals surface area contributed by atoms with Gasteiger partial charge in [-0.15, -0.1) is 46.2 Å². The van der Waals surface area contributed by atoms with Crippen LogP contribution in [-0.4, -0.2) is 3.26 Å². The molecular formula is C31H24Hf. The topological polar surface area (TPSA) is 0 Å². The van der Waals surface area contributed by atoms with Gasteiger partial charge in [-0.2, -0.15) is 6.08 Å². The maximum absolute atomic E-state index is 2.99. The van der Waals surface area contributed by atoms with Crippen LogP contribution >= 0.6 is 0 Å². The molecule has 1 aliphatic rings. The van der Waals surface area contributed by atoms with Gasteiger partial charge in [0.2, 0.25) is 0 Å². The summed E-state index contributed by atoms with van der Waals surface area (Å²) in [6, 6.07) is 40.5. The smallest absolute Gasteiger partial charge is 0.0771 e. The summed E-state index contributed by atoms with van der Waals surface area (Å²) in [5.74, 6) is 0. The van der Waals surface area contributed by atoms with Gasteiger partial charge in [-0.1, -0.05) is 36.4 Å². The summed E-state index contributed by atoms with van der Waals surface area (Å²) < 4.78 is 1.46. The molecule has 0 amide bonds. The summed E-state index contributed by atoms with van der Waals surface area (Å²) in [4.78, 5) is 0. The van der Waals surface area contributed by atoms with Crippen LogP contribution < -0.4 is 0 Å². The first-order chi connectivity index (χ1) is 15.8. The minimum absolute atomic E-state index is 1.01. The minimum Gasteiger partial charge on any atom is -0.126 e. The van der Waals surface area contributed by atoms with E-state index in [0.29, 0.717) is 0 Å². The van der Waals surface area contributed by atoms with E-state index in [0.717, 1.165) is 30.3 Å². The molecule has 1 heteroatoms. The third-order valence-corrected chi connectivity index (χ3v) is 7.31. The van der Waals surface area contributed by atoms with Crippen molar-refractivity contribution in [2.75, 3.05) is 0 Å². The van der Waals surface area contributed by atoms with E-state index < -0.39 is 0 Å². The molecule has 0 unspecified atom stereocenters. The van der Waals surface area contributed by atoms with Crippen molar-refractivity contribution in [2.45, 2.75) is 6.42 Å². The summed E-state index contributed by atoms with van der Waals surface area (Å²) >= 11 is 1.08. The molecule has 5 aromatic rings. The maximum atomic E-state index is 2.99. The molecule has 0 spiro atoms. The van der Waals surface area contributed by atoms with Crippen LogP contribution in [0.4, 0.5) is 0 Å². The first kappa shape index (κ1) is 22.2. The average Bonchev–Trinajstić information content (AvgIpc) is 3.57. The van der Waals surface area contributed by atoms with Crippen LogP contribution in [0.5, 0.6) is 0 Å². The second kappa shape index (κ2) is 11.5. The van der Waals surface area contributed by atoms with Gasteiger partial charge < -0.3 is 0 Å². The Morgan fingerprint density at radius 3 is 1.50 bits per heavy atom. The predicted molar refractivity (Wildman–Crippen MR) is 135 cm³/mol. The van der Waals surface area contributed by atoms with Crippen molar-refractivity contribution in [1.82, 2.24) is 0 Å². The first-order valence-electron chi connectivity index (χ1n) is 10.8. The Labute approximate surface area is 205 Å². The quantitative estimate of drug-likeness (QED) is 0.149. The standard InChI is InChI=1S/C13H9.C13H10.C5H5.Hf/c1-3-7-12-10(5-1)9-11-6-2-4-8-13(11)12;1-3-7-12(8-4-1)11-13-9-5-2-6-10-13;1-2-4-5-3-1;/h1-9H;1-10H;1-3H,4H2;/q-1;;-1;+2. The molecule has 0 aliphatic heterocycles. The Morgan fingerprint density at radius 2 is 1.09 bits per heavy atom. The number of allylic oxidation sites excluding steroid dienone is 4. The van der Waals surface area contributed by atoms with E-state index in [-0.39, 0.29) is 0 Å². The third-order valence-electron chi connectivity index (χ3n) is 5.23. The molecule has 0 radical (unpaired) electrons. The van der Waals surface area contributed by atoms with Crippen LogP contribution in [-0.2, 0) is 23.9 Å².